The molecule has 1 N–H and O–H groups in total. The molecule has 6 aliphatic heterocycles. The highest BCUT2D eigenvalue weighted by molar-refractivity contribution is 5.96. The molecule has 3 amide bonds. The highest BCUT2D eigenvalue weighted by Crippen LogP contribution is 2.48. The predicted molar refractivity (Wildman–Crippen MR) is 363 cm³/mol. The second-order valence-corrected chi connectivity index (χ2v) is 28.1. The molecule has 0 radical (unpaired) electrons. The van der Waals surface area contributed by atoms with E-state index in [1.165, 1.54) is 44.0 Å². The molecule has 532 valence electrons. The van der Waals surface area contributed by atoms with Crippen LogP contribution in [0.15, 0.2) is 164 Å². The molecule has 9 heterocycles. The second kappa shape index (κ2) is 27.7. The molecular formula is C77H85F10N9O4. The number of carbonyl (C=O) groups is 3. The van der Waals surface area contributed by atoms with Gasteiger partial charge in [0.25, 0.3) is 17.7 Å². The van der Waals surface area contributed by atoms with E-state index in [2.05, 4.69) is 27.2 Å². The summed E-state index contributed by atoms with van der Waals surface area (Å²) in [6.07, 6.45) is -9.32. The van der Waals surface area contributed by atoms with E-state index in [4.69, 9.17) is 4.74 Å². The summed E-state index contributed by atoms with van der Waals surface area (Å²) < 4.78 is 146. The average Bonchev–Trinajstić information content (AvgIpc) is 1.68. The summed E-state index contributed by atoms with van der Waals surface area (Å²) in [5.74, 6) is -0.855. The number of likely N-dealkylation sites (tertiary alicyclic amines) is 3. The van der Waals surface area contributed by atoms with Crippen LogP contribution < -0.4 is 10.1 Å². The number of piperidine rings is 3. The molecule has 0 unspecified atom stereocenters. The van der Waals surface area contributed by atoms with Gasteiger partial charge in [0, 0.05) is 113 Å². The van der Waals surface area contributed by atoms with E-state index in [9.17, 15) is 58.3 Å². The number of hydrogen-bond donors (Lipinski definition) is 1. The maximum atomic E-state index is 14.4. The van der Waals surface area contributed by atoms with Crippen LogP contribution >= 0.6 is 0 Å². The normalized spacial score (nSPS) is 18.7. The smallest absolute Gasteiger partial charge is 0.431 e. The van der Waals surface area contributed by atoms with E-state index in [0.29, 0.717) is 139 Å². The van der Waals surface area contributed by atoms with Crippen molar-refractivity contribution in [3.05, 3.63) is 232 Å². The molecule has 3 saturated heterocycles. The number of rotatable bonds is 8. The van der Waals surface area contributed by atoms with Gasteiger partial charge < -0.3 is 33.1 Å². The molecule has 6 aliphatic rings. The van der Waals surface area contributed by atoms with E-state index >= 15 is 0 Å². The third kappa shape index (κ3) is 14.2. The first-order chi connectivity index (χ1) is 47.4. The zero-order valence-corrected chi connectivity index (χ0v) is 56.9. The lowest BCUT2D eigenvalue weighted by molar-refractivity contribution is -0.145. The monoisotopic (exact) mass is 1390 g/mol. The lowest BCUT2D eigenvalue weighted by atomic mass is 9.79. The lowest BCUT2D eigenvalue weighted by Crippen LogP contribution is -2.63. The number of nitrogens with one attached hydrogen (secondary N) is 1. The van der Waals surface area contributed by atoms with Crippen molar-refractivity contribution in [1.29, 1.82) is 0 Å². The summed E-state index contributed by atoms with van der Waals surface area (Å²) in [6, 6.07) is 47.8. The largest absolute Gasteiger partial charge is 0.488 e. The quantitative estimate of drug-likeness (QED) is 0.151. The molecule has 14 rings (SSSR count). The van der Waals surface area contributed by atoms with E-state index < -0.39 is 63.6 Å². The molecule has 5 aromatic carbocycles. The highest BCUT2D eigenvalue weighted by atomic mass is 19.4. The Labute approximate surface area is 577 Å². The van der Waals surface area contributed by atoms with E-state index in [1.54, 1.807) is 36.9 Å². The van der Waals surface area contributed by atoms with Crippen LogP contribution in [-0.2, 0) is 61.2 Å². The van der Waals surface area contributed by atoms with Crippen LogP contribution in [0.4, 0.5) is 43.9 Å². The maximum Gasteiger partial charge on any atom is 0.431 e. The molecule has 23 heteroatoms. The van der Waals surface area contributed by atoms with Crippen molar-refractivity contribution in [2.75, 3.05) is 66.5 Å². The van der Waals surface area contributed by atoms with Crippen LogP contribution in [0.2, 0.25) is 0 Å². The van der Waals surface area contributed by atoms with E-state index in [0.717, 1.165) is 28.3 Å². The number of aromatic nitrogens is 3. The summed E-state index contributed by atoms with van der Waals surface area (Å²) in [6.45, 7) is 12.1. The number of halogens is 10. The SMILES string of the molecule is CC(C)Oc1ccc(C(=O)N2CCC3(CC2)NC(C)(C)Cn2c(C(F)(F)F)ccc23)cc1F.CN1CCn2c(C(F)(F)F)ccc2C12CCN(C(=O)c1ccc(-c3ccccc3)cc1)CC2.CN1CCn2c(C(F)(F)F)ccc2C12CCN(C(=O)c1ccccc1Cc1ccccc1)CC2.[HH]. The van der Waals surface area contributed by atoms with Gasteiger partial charge in [0.2, 0.25) is 0 Å². The summed E-state index contributed by atoms with van der Waals surface area (Å²) >= 11 is 0. The minimum absolute atomic E-state index is 0. The van der Waals surface area contributed by atoms with Crippen LogP contribution in [0.25, 0.3) is 11.1 Å². The Morgan fingerprint density at radius 3 is 1.41 bits per heavy atom. The van der Waals surface area contributed by atoms with Crippen LogP contribution in [0, 0.1) is 5.82 Å². The number of alkyl halides is 9. The van der Waals surface area contributed by atoms with E-state index in [-0.39, 0.29) is 43.1 Å². The summed E-state index contributed by atoms with van der Waals surface area (Å²) in [4.78, 5) is 49.3. The predicted octanol–water partition coefficient (Wildman–Crippen LogP) is 15.6. The van der Waals surface area contributed by atoms with Gasteiger partial charge in [0.05, 0.1) is 22.7 Å². The van der Waals surface area contributed by atoms with Crippen molar-refractivity contribution in [2.45, 2.75) is 139 Å². The van der Waals surface area contributed by atoms with Gasteiger partial charge in [0.1, 0.15) is 17.1 Å². The number of hydrogen-bond acceptors (Lipinski definition) is 7. The fourth-order valence-electron chi connectivity index (χ4n) is 16.1. The lowest BCUT2D eigenvalue weighted by Gasteiger charge is -2.51. The van der Waals surface area contributed by atoms with Gasteiger partial charge >= 0.3 is 18.5 Å². The highest BCUT2D eigenvalue weighted by Gasteiger charge is 2.52. The topological polar surface area (TPSA) is 103 Å². The number of fused-ring (bicyclic) bond motifs is 6. The Kier molecular flexibility index (Phi) is 19.7. The number of carbonyl (C=O) groups excluding carboxylic acids is 3. The number of benzene rings is 5. The van der Waals surface area contributed by atoms with Crippen LogP contribution in [0.3, 0.4) is 0 Å². The Balaban J connectivity index is 0.000000152. The second-order valence-electron chi connectivity index (χ2n) is 28.1. The third-order valence-corrected chi connectivity index (χ3v) is 21.1. The van der Waals surface area contributed by atoms with Gasteiger partial charge in [-0.25, -0.2) is 4.39 Å². The molecule has 3 aromatic heterocycles. The van der Waals surface area contributed by atoms with Crippen LogP contribution in [0.5, 0.6) is 5.75 Å². The molecule has 8 aromatic rings. The van der Waals surface area contributed by atoms with Crippen LogP contribution in [-0.4, -0.2) is 134 Å². The zero-order chi connectivity index (χ0) is 71.3. The first kappa shape index (κ1) is 71.2. The Morgan fingerprint density at radius 1 is 0.480 bits per heavy atom. The molecule has 0 atom stereocenters. The fourth-order valence-corrected chi connectivity index (χ4v) is 16.1. The van der Waals surface area contributed by atoms with Crippen molar-refractivity contribution < 1.29 is 64.5 Å². The number of likely N-dealkylation sites (N-methyl/N-ethyl adjacent to an activating group) is 2. The molecule has 100 heavy (non-hydrogen) atoms. The molecule has 3 spiro atoms. The van der Waals surface area contributed by atoms with E-state index in [1.807, 2.05) is 135 Å². The molecule has 3 fully saturated rings. The first-order valence-corrected chi connectivity index (χ1v) is 34.1. The van der Waals surface area contributed by atoms with Gasteiger partial charge in [-0.2, -0.15) is 39.5 Å². The minimum atomic E-state index is -4.43. The zero-order valence-electron chi connectivity index (χ0n) is 56.9. The Morgan fingerprint density at radius 2 is 0.910 bits per heavy atom. The minimum Gasteiger partial charge on any atom is -0.488 e. The Hall–Kier alpha value is -8.67. The molecular weight excluding hydrogens is 1300 g/mol. The summed E-state index contributed by atoms with van der Waals surface area (Å²) in [5, 5.41) is 3.56. The van der Waals surface area contributed by atoms with Crippen LogP contribution in [0.1, 0.15) is 144 Å². The molecule has 0 bridgehead atoms. The standard InChI is InChI=1S/C27H28F3N3O.C26H26F3N3O.C24H29F4N3O2.H2/c1-31-17-18-33-23(11-12-24(33)27(28,29)30)26(31)13-15-32(16-14-26)25(34)22-10-6-5-9-21(22)19-20-7-3-2-4-8-20;1-30-17-18-32-22(11-12-23(32)26(27,28)29)25(30)13-15-31(16-14-25)24(33)21-9-7-20(8-10-21)19-5-3-2-4-6-19;1-15(2)33-18-6-5-16(13-17(18)25)21(32)30-11-9-23(10-12-30)19-7-8-20(24(26,27)28)31(19)14-22(3,4)29-23;/h2-12H,13-19H2,1H3;2-12H,13-18H2,1H3;5-8,13,15,29H,9-12,14H2,1-4H3;1H. The Bertz CT molecular complexity index is 4240. The van der Waals surface area contributed by atoms with Crippen molar-refractivity contribution in [1.82, 2.24) is 43.5 Å². The van der Waals surface area contributed by atoms with Gasteiger partial charge in [0.15, 0.2) is 11.6 Å². The summed E-state index contributed by atoms with van der Waals surface area (Å²) in [7, 11) is 3.96. The van der Waals surface area contributed by atoms with Crippen molar-refractivity contribution in [3.8, 4) is 16.9 Å². The summed E-state index contributed by atoms with van der Waals surface area (Å²) in [5.41, 5.74) is 3.86. The van der Waals surface area contributed by atoms with Gasteiger partial charge in [-0.05, 0) is 182 Å². The third-order valence-electron chi connectivity index (χ3n) is 21.1. The number of amides is 3. The molecule has 0 saturated carbocycles. The van der Waals surface area contributed by atoms with Gasteiger partial charge in [-0.1, -0.05) is 91.0 Å². The van der Waals surface area contributed by atoms with Crippen molar-refractivity contribution in [3.63, 3.8) is 0 Å². The fraction of sp³-hybridized carbons (Fsp3) is 0.416. The van der Waals surface area contributed by atoms with Gasteiger partial charge in [-0.15, -0.1) is 0 Å². The van der Waals surface area contributed by atoms with Crippen molar-refractivity contribution in [2.24, 2.45) is 0 Å². The maximum absolute atomic E-state index is 14.4. The van der Waals surface area contributed by atoms with Crippen molar-refractivity contribution >= 4 is 17.7 Å². The number of nitrogens with zero attached hydrogens (tertiary/aromatic N) is 8. The van der Waals surface area contributed by atoms with Gasteiger partial charge in [-0.3, -0.25) is 29.5 Å². The first-order valence-electron chi connectivity index (χ1n) is 34.1. The average molecular weight is 1390 g/mol. The number of ether oxygens (including phenoxy) is 1. The molecule has 0 aliphatic carbocycles. The molecule has 13 nitrogen and oxygen atoms in total.